The first-order valence-electron chi connectivity index (χ1n) is 6.93. The van der Waals surface area contributed by atoms with E-state index in [1.165, 1.54) is 7.11 Å². The average molecular weight is 353 g/mol. The van der Waals surface area contributed by atoms with E-state index in [2.05, 4.69) is 24.1 Å². The summed E-state index contributed by atoms with van der Waals surface area (Å²) in [4.78, 5) is 13.8. The van der Waals surface area contributed by atoms with Gasteiger partial charge in [0, 0.05) is 18.8 Å². The Balaban J connectivity index is 0. The summed E-state index contributed by atoms with van der Waals surface area (Å²) in [6.07, 6.45) is -0.486. The predicted octanol–water partition coefficient (Wildman–Crippen LogP) is 2.43. The number of anilines is 1. The van der Waals surface area contributed by atoms with Gasteiger partial charge in [-0.25, -0.2) is 4.79 Å². The Kier molecular flexibility index (Phi) is 13.2. The number of halogens is 2. The second kappa shape index (κ2) is 12.5. The van der Waals surface area contributed by atoms with E-state index in [-0.39, 0.29) is 30.8 Å². The fraction of sp³-hybridized carbons (Fsp3) is 0.533. The molecule has 0 fully saturated rings. The molecule has 0 spiro atoms. The number of nitrogens with zero attached hydrogens (tertiary/aromatic N) is 1. The lowest BCUT2D eigenvalue weighted by Crippen LogP contribution is -2.36. The number of esters is 1. The second-order valence-electron chi connectivity index (χ2n) is 4.56. The highest BCUT2D eigenvalue weighted by molar-refractivity contribution is 5.95. The molecule has 0 aromatic heterocycles. The van der Waals surface area contributed by atoms with E-state index in [1.54, 1.807) is 18.2 Å². The van der Waals surface area contributed by atoms with Gasteiger partial charge < -0.3 is 20.1 Å². The Morgan fingerprint density at radius 3 is 2.41 bits per heavy atom. The molecule has 0 saturated heterocycles. The third-order valence-electron chi connectivity index (χ3n) is 3.22. The first-order chi connectivity index (χ1) is 9.62. The summed E-state index contributed by atoms with van der Waals surface area (Å²) in [7, 11) is 1.36. The highest BCUT2D eigenvalue weighted by atomic mass is 35.5. The van der Waals surface area contributed by atoms with Crippen LogP contribution in [0.4, 0.5) is 5.69 Å². The first-order valence-corrected chi connectivity index (χ1v) is 6.93. The number of methoxy groups -OCH3 is 1. The van der Waals surface area contributed by atoms with Crippen molar-refractivity contribution in [2.75, 3.05) is 38.6 Å². The number of hydrogen-bond acceptors (Lipinski definition) is 5. The van der Waals surface area contributed by atoms with Gasteiger partial charge in [-0.1, -0.05) is 26.0 Å². The van der Waals surface area contributed by atoms with Crippen molar-refractivity contribution in [2.24, 2.45) is 0 Å². The molecule has 2 N–H and O–H groups in total. The normalized spacial score (nSPS) is 11.1. The van der Waals surface area contributed by atoms with E-state index in [9.17, 15) is 9.90 Å². The fourth-order valence-corrected chi connectivity index (χ4v) is 2.00. The van der Waals surface area contributed by atoms with E-state index >= 15 is 0 Å². The number of carbonyl (C=O) groups is 1. The highest BCUT2D eigenvalue weighted by Gasteiger charge is 2.13. The minimum Gasteiger partial charge on any atom is -0.465 e. The molecule has 0 heterocycles. The molecule has 1 rings (SSSR count). The van der Waals surface area contributed by atoms with E-state index in [0.29, 0.717) is 24.3 Å². The molecule has 1 aromatic carbocycles. The van der Waals surface area contributed by atoms with Crippen molar-refractivity contribution in [1.29, 1.82) is 0 Å². The van der Waals surface area contributed by atoms with Crippen LogP contribution in [0.1, 0.15) is 24.2 Å². The van der Waals surface area contributed by atoms with Gasteiger partial charge in [-0.3, -0.25) is 0 Å². The third kappa shape index (κ3) is 7.31. The van der Waals surface area contributed by atoms with Crippen LogP contribution in [0.25, 0.3) is 0 Å². The van der Waals surface area contributed by atoms with Gasteiger partial charge in [-0.15, -0.1) is 24.8 Å². The minimum atomic E-state index is -0.486. The lowest BCUT2D eigenvalue weighted by molar-refractivity contribution is 0.0601. The van der Waals surface area contributed by atoms with Crippen LogP contribution in [0.2, 0.25) is 0 Å². The molecule has 1 aromatic rings. The number of ether oxygens (including phenoxy) is 1. The van der Waals surface area contributed by atoms with Gasteiger partial charge in [-0.05, 0) is 25.2 Å². The van der Waals surface area contributed by atoms with Crippen molar-refractivity contribution in [3.63, 3.8) is 0 Å². The van der Waals surface area contributed by atoms with Crippen molar-refractivity contribution >= 4 is 36.5 Å². The van der Waals surface area contributed by atoms with Gasteiger partial charge >= 0.3 is 5.97 Å². The maximum atomic E-state index is 11.6. The lowest BCUT2D eigenvalue weighted by atomic mass is 10.1. The number of hydrogen-bond donors (Lipinski definition) is 2. The number of carbonyl (C=O) groups excluding carboxylic acids is 1. The third-order valence-corrected chi connectivity index (χ3v) is 3.22. The lowest BCUT2D eigenvalue weighted by Gasteiger charge is -2.22. The summed E-state index contributed by atoms with van der Waals surface area (Å²) >= 11 is 0. The molecule has 1 unspecified atom stereocenters. The molecule has 0 bridgehead atoms. The van der Waals surface area contributed by atoms with E-state index in [1.807, 2.05) is 6.07 Å². The quantitative estimate of drug-likeness (QED) is 0.703. The molecule has 22 heavy (non-hydrogen) atoms. The number of aliphatic hydroxyl groups is 1. The van der Waals surface area contributed by atoms with Crippen LogP contribution in [0, 0.1) is 0 Å². The van der Waals surface area contributed by atoms with Gasteiger partial charge in [0.05, 0.1) is 18.8 Å². The molecule has 0 saturated carbocycles. The van der Waals surface area contributed by atoms with Gasteiger partial charge in [0.15, 0.2) is 0 Å². The van der Waals surface area contributed by atoms with Gasteiger partial charge in [-0.2, -0.15) is 0 Å². The zero-order chi connectivity index (χ0) is 15.0. The van der Waals surface area contributed by atoms with Gasteiger partial charge in [0.1, 0.15) is 0 Å². The van der Waals surface area contributed by atoms with Crippen LogP contribution in [-0.4, -0.2) is 55.4 Å². The monoisotopic (exact) mass is 352 g/mol. The number of benzene rings is 1. The smallest absolute Gasteiger partial charge is 0.339 e. The van der Waals surface area contributed by atoms with Crippen LogP contribution < -0.4 is 5.32 Å². The Morgan fingerprint density at radius 1 is 1.27 bits per heavy atom. The molecule has 0 radical (unpaired) electrons. The van der Waals surface area contributed by atoms with Crippen molar-refractivity contribution in [1.82, 2.24) is 4.90 Å². The fourth-order valence-electron chi connectivity index (χ4n) is 2.00. The molecule has 5 nitrogen and oxygen atoms in total. The Labute approximate surface area is 144 Å². The zero-order valence-electron chi connectivity index (χ0n) is 13.2. The standard InChI is InChI=1S/C15H24N2O3.2ClH/c1-4-17(5-2)11-12(18)10-16-14-9-7-6-8-13(14)15(19)20-3;;/h6-9,12,16,18H,4-5,10-11H2,1-3H3;2*1H. The molecular weight excluding hydrogens is 327 g/mol. The van der Waals surface area contributed by atoms with Crippen molar-refractivity contribution in [2.45, 2.75) is 20.0 Å². The summed E-state index contributed by atoms with van der Waals surface area (Å²) in [5.74, 6) is -0.383. The van der Waals surface area contributed by atoms with Crippen LogP contribution >= 0.6 is 24.8 Å². The molecule has 0 aliphatic rings. The SMILES string of the molecule is CCN(CC)CC(O)CNc1ccccc1C(=O)OC.Cl.Cl. The largest absolute Gasteiger partial charge is 0.465 e. The second-order valence-corrected chi connectivity index (χ2v) is 4.56. The molecule has 7 heteroatoms. The number of rotatable bonds is 8. The van der Waals surface area contributed by atoms with Gasteiger partial charge in [0.2, 0.25) is 0 Å². The Morgan fingerprint density at radius 2 is 1.86 bits per heavy atom. The predicted molar refractivity (Wildman–Crippen MR) is 94.6 cm³/mol. The summed E-state index contributed by atoms with van der Waals surface area (Å²) in [6.45, 7) is 6.95. The van der Waals surface area contributed by atoms with Gasteiger partial charge in [0.25, 0.3) is 0 Å². The number of para-hydroxylation sites is 1. The van der Waals surface area contributed by atoms with E-state index in [4.69, 9.17) is 4.74 Å². The summed E-state index contributed by atoms with van der Waals surface area (Å²) < 4.78 is 4.73. The molecule has 0 aliphatic heterocycles. The first kappa shape index (κ1) is 23.3. The Bertz CT molecular complexity index is 429. The number of likely N-dealkylation sites (N-methyl/N-ethyl adjacent to an activating group) is 1. The highest BCUT2D eigenvalue weighted by Crippen LogP contribution is 2.15. The van der Waals surface area contributed by atoms with E-state index < -0.39 is 6.10 Å². The Hall–Kier alpha value is -1.01. The van der Waals surface area contributed by atoms with Crippen LogP contribution in [0.3, 0.4) is 0 Å². The maximum absolute atomic E-state index is 11.6. The maximum Gasteiger partial charge on any atom is 0.339 e. The van der Waals surface area contributed by atoms with Crippen LogP contribution in [0.5, 0.6) is 0 Å². The van der Waals surface area contributed by atoms with Crippen molar-refractivity contribution in [3.05, 3.63) is 29.8 Å². The van der Waals surface area contributed by atoms with E-state index in [0.717, 1.165) is 13.1 Å². The number of nitrogens with one attached hydrogen (secondary N) is 1. The molecule has 1 atom stereocenters. The minimum absolute atomic E-state index is 0. The van der Waals surface area contributed by atoms with Crippen LogP contribution in [0.15, 0.2) is 24.3 Å². The summed E-state index contributed by atoms with van der Waals surface area (Å²) in [6, 6.07) is 7.12. The van der Waals surface area contributed by atoms with Crippen molar-refractivity contribution < 1.29 is 14.6 Å². The summed E-state index contributed by atoms with van der Waals surface area (Å²) in [5, 5.41) is 13.1. The average Bonchev–Trinajstić information content (AvgIpc) is 2.50. The molecule has 0 amide bonds. The van der Waals surface area contributed by atoms with Crippen molar-refractivity contribution in [3.8, 4) is 0 Å². The molecular formula is C15H26Cl2N2O3. The summed E-state index contributed by atoms with van der Waals surface area (Å²) in [5.41, 5.74) is 1.16. The zero-order valence-corrected chi connectivity index (χ0v) is 14.9. The molecule has 128 valence electrons. The number of aliphatic hydroxyl groups excluding tert-OH is 1. The topological polar surface area (TPSA) is 61.8 Å². The van der Waals surface area contributed by atoms with Crippen LogP contribution in [-0.2, 0) is 4.74 Å². The molecule has 0 aliphatic carbocycles.